The molecule has 1 aromatic rings. The number of nitrogen functional groups attached to an aromatic ring is 1. The molecule has 1 rings (SSSR count). The monoisotopic (exact) mass is 429 g/mol. The van der Waals surface area contributed by atoms with Gasteiger partial charge in [-0.25, -0.2) is 4.79 Å². The summed E-state index contributed by atoms with van der Waals surface area (Å²) in [5.74, 6) is -1.04. The summed E-state index contributed by atoms with van der Waals surface area (Å²) in [5, 5.41) is 1.90. The molecule has 0 heterocycles. The molecule has 0 aromatic heterocycles. The lowest BCUT2D eigenvalue weighted by Crippen LogP contribution is -2.41. The number of nitrogens with two attached hydrogens (primary N) is 1. The molecule has 12 heteroatoms. The first-order valence-corrected chi connectivity index (χ1v) is 8.31. The van der Waals surface area contributed by atoms with Gasteiger partial charge in [0.1, 0.15) is 12.1 Å². The van der Waals surface area contributed by atoms with E-state index in [1.807, 2.05) is 5.32 Å². The van der Waals surface area contributed by atoms with Crippen LogP contribution in [0.25, 0.3) is 0 Å². The van der Waals surface area contributed by atoms with Crippen LogP contribution in [0, 0.1) is 0 Å². The van der Waals surface area contributed by atoms with E-state index in [2.05, 4.69) is 0 Å². The highest BCUT2D eigenvalue weighted by Crippen LogP contribution is 2.42. The van der Waals surface area contributed by atoms with Crippen LogP contribution >= 0.6 is 0 Å². The van der Waals surface area contributed by atoms with Crippen LogP contribution in [0.5, 0.6) is 0 Å². The van der Waals surface area contributed by atoms with Crippen LogP contribution in [-0.2, 0) is 21.9 Å². The Morgan fingerprint density at radius 1 is 1.07 bits per heavy atom. The van der Waals surface area contributed by atoms with Crippen LogP contribution in [0.1, 0.15) is 38.8 Å². The molecule has 0 saturated carbocycles. The maximum absolute atomic E-state index is 13.0. The van der Waals surface area contributed by atoms with Gasteiger partial charge >= 0.3 is 18.4 Å². The second-order valence-electron chi connectivity index (χ2n) is 7.02. The van der Waals surface area contributed by atoms with E-state index in [1.165, 1.54) is 6.92 Å². The maximum Gasteiger partial charge on any atom is 0.418 e. The molecular weight excluding hydrogens is 408 g/mol. The zero-order valence-corrected chi connectivity index (χ0v) is 16.1. The average Bonchev–Trinajstić information content (AvgIpc) is 2.50. The fraction of sp³-hybridized carbons (Fsp3) is 0.529. The fourth-order valence-electron chi connectivity index (χ4n) is 2.15. The van der Waals surface area contributed by atoms with Crippen LogP contribution in [0.15, 0.2) is 12.1 Å². The van der Waals surface area contributed by atoms with Gasteiger partial charge < -0.3 is 15.8 Å². The van der Waals surface area contributed by atoms with Crippen molar-refractivity contribution in [2.75, 3.05) is 24.1 Å². The van der Waals surface area contributed by atoms with E-state index in [0.29, 0.717) is 6.07 Å². The molecule has 0 bridgehead atoms. The Bertz CT molecular complexity index is 769. The summed E-state index contributed by atoms with van der Waals surface area (Å²) >= 11 is 0. The average molecular weight is 429 g/mol. The predicted octanol–water partition coefficient (Wildman–Crippen LogP) is 4.50. The van der Waals surface area contributed by atoms with Gasteiger partial charge in [0.15, 0.2) is 0 Å². The lowest BCUT2D eigenvalue weighted by molar-refractivity contribution is -0.142. The van der Waals surface area contributed by atoms with Crippen LogP contribution in [0.2, 0.25) is 0 Å². The first kappa shape index (κ1) is 24.4. The molecule has 0 fully saturated rings. The minimum absolute atomic E-state index is 0.00814. The number of nitrogens with one attached hydrogen (secondary N) is 1. The minimum atomic E-state index is -5.17. The highest BCUT2D eigenvalue weighted by molar-refractivity contribution is 5.97. The molecule has 0 saturated heterocycles. The summed E-state index contributed by atoms with van der Waals surface area (Å²) in [6.07, 6.45) is -11.1. The Labute approximate surface area is 163 Å². The van der Waals surface area contributed by atoms with Gasteiger partial charge in [-0.2, -0.15) is 26.3 Å². The molecule has 0 aliphatic carbocycles. The Morgan fingerprint density at radius 3 is 2.03 bits per heavy atom. The molecule has 6 nitrogen and oxygen atoms in total. The Balaban J connectivity index is 3.16. The summed E-state index contributed by atoms with van der Waals surface area (Å²) in [6, 6.07) is 0.163. The highest BCUT2D eigenvalue weighted by Gasteiger charge is 2.39. The zero-order valence-electron chi connectivity index (χ0n) is 16.1. The Hall–Kier alpha value is -2.66. The number of carbonyl (C=O) groups excluding carboxylic acids is 2. The molecule has 1 aromatic carbocycles. The van der Waals surface area contributed by atoms with E-state index in [-0.39, 0.29) is 12.6 Å². The SMILES string of the molecule is CCN(CC(=O)Nc1cc(C(F)(F)F)cc(C(F)(F)F)c1N)C(=O)OC(C)(C)C. The summed E-state index contributed by atoms with van der Waals surface area (Å²) in [4.78, 5) is 25.1. The van der Waals surface area contributed by atoms with Crippen molar-refractivity contribution >= 4 is 23.4 Å². The topological polar surface area (TPSA) is 84.7 Å². The van der Waals surface area contributed by atoms with Crippen LogP contribution in [-0.4, -0.2) is 35.6 Å². The van der Waals surface area contributed by atoms with E-state index in [1.54, 1.807) is 20.8 Å². The number of benzene rings is 1. The number of anilines is 2. The van der Waals surface area contributed by atoms with E-state index in [9.17, 15) is 35.9 Å². The van der Waals surface area contributed by atoms with Crippen molar-refractivity contribution in [3.8, 4) is 0 Å². The number of amides is 2. The van der Waals surface area contributed by atoms with Gasteiger partial charge in [0.25, 0.3) is 0 Å². The van der Waals surface area contributed by atoms with Crippen molar-refractivity contribution in [1.82, 2.24) is 4.90 Å². The van der Waals surface area contributed by atoms with Crippen molar-refractivity contribution in [3.05, 3.63) is 23.3 Å². The molecule has 0 aliphatic heterocycles. The van der Waals surface area contributed by atoms with Crippen LogP contribution < -0.4 is 11.1 Å². The summed E-state index contributed by atoms with van der Waals surface area (Å²) in [7, 11) is 0. The van der Waals surface area contributed by atoms with Crippen molar-refractivity contribution in [3.63, 3.8) is 0 Å². The summed E-state index contributed by atoms with van der Waals surface area (Å²) in [5.41, 5.74) is -0.837. The summed E-state index contributed by atoms with van der Waals surface area (Å²) < 4.78 is 83.0. The van der Waals surface area contributed by atoms with Gasteiger partial charge in [0, 0.05) is 6.54 Å². The lowest BCUT2D eigenvalue weighted by atomic mass is 10.1. The molecule has 0 atom stereocenters. The van der Waals surface area contributed by atoms with E-state index < -0.39 is 59.0 Å². The number of rotatable bonds is 4. The van der Waals surface area contributed by atoms with Gasteiger partial charge in [-0.3, -0.25) is 9.69 Å². The third-order valence-electron chi connectivity index (χ3n) is 3.45. The van der Waals surface area contributed by atoms with Gasteiger partial charge in [-0.15, -0.1) is 0 Å². The first-order chi connectivity index (χ1) is 13.0. The molecule has 3 N–H and O–H groups in total. The number of hydrogen-bond acceptors (Lipinski definition) is 4. The van der Waals surface area contributed by atoms with Gasteiger partial charge in [0.05, 0.1) is 22.5 Å². The number of likely N-dealkylation sites (N-methyl/N-ethyl adjacent to an activating group) is 1. The predicted molar refractivity (Wildman–Crippen MR) is 93.0 cm³/mol. The molecule has 0 unspecified atom stereocenters. The Morgan fingerprint density at radius 2 is 1.62 bits per heavy atom. The normalized spacial score (nSPS) is 12.5. The van der Waals surface area contributed by atoms with Crippen molar-refractivity contribution in [2.45, 2.75) is 45.6 Å². The maximum atomic E-state index is 13.0. The molecule has 0 aliphatic rings. The lowest BCUT2D eigenvalue weighted by Gasteiger charge is -2.26. The van der Waals surface area contributed by atoms with Gasteiger partial charge in [-0.05, 0) is 39.8 Å². The Kier molecular flexibility index (Phi) is 7.04. The second kappa shape index (κ2) is 8.37. The van der Waals surface area contributed by atoms with Gasteiger partial charge in [0.2, 0.25) is 5.91 Å². The van der Waals surface area contributed by atoms with Crippen molar-refractivity contribution in [2.24, 2.45) is 0 Å². The third kappa shape index (κ3) is 7.02. The standard InChI is InChI=1S/C17H21F6N3O3/c1-5-26(14(28)29-15(2,3)4)8-12(27)25-11-7-9(16(18,19)20)6-10(13(11)24)17(21,22)23/h6-7H,5,8,24H2,1-4H3,(H,25,27). The number of nitrogens with zero attached hydrogens (tertiary/aromatic N) is 1. The number of carbonyl (C=O) groups is 2. The quantitative estimate of drug-likeness (QED) is 0.545. The van der Waals surface area contributed by atoms with E-state index in [0.717, 1.165) is 4.90 Å². The van der Waals surface area contributed by atoms with Crippen LogP contribution in [0.3, 0.4) is 0 Å². The van der Waals surface area contributed by atoms with E-state index >= 15 is 0 Å². The fourth-order valence-corrected chi connectivity index (χ4v) is 2.15. The number of ether oxygens (including phenoxy) is 1. The molecular formula is C17H21F6N3O3. The number of halogens is 6. The minimum Gasteiger partial charge on any atom is -0.444 e. The van der Waals surface area contributed by atoms with Crippen molar-refractivity contribution in [1.29, 1.82) is 0 Å². The molecule has 0 spiro atoms. The van der Waals surface area contributed by atoms with Crippen molar-refractivity contribution < 1.29 is 40.7 Å². The highest BCUT2D eigenvalue weighted by atomic mass is 19.4. The largest absolute Gasteiger partial charge is 0.444 e. The second-order valence-corrected chi connectivity index (χ2v) is 7.02. The molecule has 164 valence electrons. The smallest absolute Gasteiger partial charge is 0.418 e. The third-order valence-corrected chi connectivity index (χ3v) is 3.45. The summed E-state index contributed by atoms with van der Waals surface area (Å²) in [6.45, 7) is 5.61. The molecule has 29 heavy (non-hydrogen) atoms. The molecule has 0 radical (unpaired) electrons. The van der Waals surface area contributed by atoms with Gasteiger partial charge in [-0.1, -0.05) is 0 Å². The first-order valence-electron chi connectivity index (χ1n) is 8.31. The number of hydrogen-bond donors (Lipinski definition) is 2. The zero-order chi connectivity index (χ0) is 22.8. The van der Waals surface area contributed by atoms with Crippen LogP contribution in [0.4, 0.5) is 42.5 Å². The molecule has 2 amide bonds. The van der Waals surface area contributed by atoms with E-state index in [4.69, 9.17) is 10.5 Å². The number of alkyl halides is 6.